The smallest absolute Gasteiger partial charge is 0.251 e. The Labute approximate surface area is 225 Å². The van der Waals surface area contributed by atoms with Crippen molar-refractivity contribution in [3.8, 4) is 11.5 Å². The average Bonchev–Trinajstić information content (AvgIpc) is 2.94. The second-order valence-electron chi connectivity index (χ2n) is 10.6. The van der Waals surface area contributed by atoms with Crippen LogP contribution in [0.3, 0.4) is 0 Å². The van der Waals surface area contributed by atoms with Gasteiger partial charge >= 0.3 is 0 Å². The maximum absolute atomic E-state index is 13.3. The SMILES string of the molecule is CN(C)S(=O)(=O)c1cc(NCc2ccc3c(c2)OCCO3)cc(C(=O)NC[C@@H]2CCCN3CCCC[C@H]23)c1. The molecule has 9 nitrogen and oxygen atoms in total. The van der Waals surface area contributed by atoms with Crippen molar-refractivity contribution < 1.29 is 22.7 Å². The van der Waals surface area contributed by atoms with Crippen LogP contribution in [0.1, 0.15) is 48.0 Å². The van der Waals surface area contributed by atoms with Crippen molar-refractivity contribution in [2.75, 3.05) is 52.3 Å². The van der Waals surface area contributed by atoms with Crippen molar-refractivity contribution in [3.63, 3.8) is 0 Å². The van der Waals surface area contributed by atoms with Crippen molar-refractivity contribution in [2.24, 2.45) is 5.92 Å². The molecule has 38 heavy (non-hydrogen) atoms. The Balaban J connectivity index is 1.32. The predicted molar refractivity (Wildman–Crippen MR) is 146 cm³/mol. The molecule has 2 atom stereocenters. The number of carbonyl (C=O) groups is 1. The molecule has 2 aromatic carbocycles. The first kappa shape index (κ1) is 26.8. The molecular weight excluding hydrogens is 504 g/mol. The quantitative estimate of drug-likeness (QED) is 0.528. The molecule has 2 saturated heterocycles. The van der Waals surface area contributed by atoms with E-state index in [2.05, 4.69) is 15.5 Å². The summed E-state index contributed by atoms with van der Waals surface area (Å²) in [7, 11) is -0.753. The molecule has 3 aliphatic rings. The van der Waals surface area contributed by atoms with Crippen LogP contribution < -0.4 is 20.1 Å². The average molecular weight is 543 g/mol. The van der Waals surface area contributed by atoms with Crippen molar-refractivity contribution in [3.05, 3.63) is 47.5 Å². The van der Waals surface area contributed by atoms with E-state index in [1.807, 2.05) is 18.2 Å². The lowest BCUT2D eigenvalue weighted by atomic mass is 9.83. The number of nitrogens with zero attached hydrogens (tertiary/aromatic N) is 2. The van der Waals surface area contributed by atoms with Crippen LogP contribution in [0.15, 0.2) is 41.3 Å². The molecule has 1 amide bonds. The van der Waals surface area contributed by atoms with Gasteiger partial charge in [0.15, 0.2) is 11.5 Å². The molecule has 2 N–H and O–H groups in total. The lowest BCUT2D eigenvalue weighted by Gasteiger charge is -2.44. The number of piperidine rings is 2. The lowest BCUT2D eigenvalue weighted by Crippen LogP contribution is -2.51. The third-order valence-electron chi connectivity index (χ3n) is 7.80. The first-order chi connectivity index (χ1) is 18.3. The van der Waals surface area contributed by atoms with E-state index in [-0.39, 0.29) is 10.8 Å². The van der Waals surface area contributed by atoms with Gasteiger partial charge in [-0.05, 0) is 80.6 Å². The Morgan fingerprint density at radius 2 is 1.79 bits per heavy atom. The van der Waals surface area contributed by atoms with Gasteiger partial charge in [0.2, 0.25) is 10.0 Å². The molecule has 206 valence electrons. The lowest BCUT2D eigenvalue weighted by molar-refractivity contribution is 0.0575. The van der Waals surface area contributed by atoms with Crippen LogP contribution in [0.4, 0.5) is 5.69 Å². The van der Waals surface area contributed by atoms with Gasteiger partial charge in [0, 0.05) is 44.5 Å². The number of amides is 1. The zero-order valence-electron chi connectivity index (χ0n) is 22.2. The van der Waals surface area contributed by atoms with Gasteiger partial charge in [0.05, 0.1) is 4.90 Å². The van der Waals surface area contributed by atoms with Gasteiger partial charge in [-0.2, -0.15) is 0 Å². The summed E-state index contributed by atoms with van der Waals surface area (Å²) in [5.41, 5.74) is 1.84. The molecule has 3 heterocycles. The van der Waals surface area contributed by atoms with Gasteiger partial charge in [-0.15, -0.1) is 0 Å². The summed E-state index contributed by atoms with van der Waals surface area (Å²) >= 11 is 0. The van der Waals surface area contributed by atoms with Crippen LogP contribution in [0.2, 0.25) is 0 Å². The van der Waals surface area contributed by atoms with Crippen molar-refractivity contribution in [1.82, 2.24) is 14.5 Å². The summed E-state index contributed by atoms with van der Waals surface area (Å²) in [4.78, 5) is 15.9. The molecule has 3 aliphatic heterocycles. The Bertz CT molecular complexity index is 1260. The number of anilines is 1. The highest BCUT2D eigenvalue weighted by Gasteiger charge is 2.33. The molecule has 0 unspecified atom stereocenters. The molecule has 5 rings (SSSR count). The van der Waals surface area contributed by atoms with E-state index < -0.39 is 10.0 Å². The Morgan fingerprint density at radius 3 is 2.61 bits per heavy atom. The predicted octanol–water partition coefficient (Wildman–Crippen LogP) is 3.31. The van der Waals surface area contributed by atoms with E-state index in [1.165, 1.54) is 39.4 Å². The van der Waals surface area contributed by atoms with Crippen LogP contribution in [0.25, 0.3) is 0 Å². The third-order valence-corrected chi connectivity index (χ3v) is 9.60. The summed E-state index contributed by atoms with van der Waals surface area (Å²) in [5, 5.41) is 6.40. The van der Waals surface area contributed by atoms with Crippen molar-refractivity contribution in [2.45, 2.75) is 49.6 Å². The first-order valence-electron chi connectivity index (χ1n) is 13.5. The van der Waals surface area contributed by atoms with Crippen molar-refractivity contribution >= 4 is 21.6 Å². The molecule has 0 aromatic heterocycles. The zero-order valence-corrected chi connectivity index (χ0v) is 23.1. The second kappa shape index (κ2) is 11.5. The molecule has 0 bridgehead atoms. The molecule has 10 heteroatoms. The molecule has 2 fully saturated rings. The van der Waals surface area contributed by atoms with E-state index in [9.17, 15) is 13.2 Å². The fourth-order valence-corrected chi connectivity index (χ4v) is 6.71. The minimum atomic E-state index is -3.73. The van der Waals surface area contributed by atoms with E-state index in [0.717, 1.165) is 35.8 Å². The summed E-state index contributed by atoms with van der Waals surface area (Å²) in [6.07, 6.45) is 5.95. The highest BCUT2D eigenvalue weighted by Crippen LogP contribution is 2.32. The van der Waals surface area contributed by atoms with Crippen LogP contribution in [-0.4, -0.2) is 76.5 Å². The van der Waals surface area contributed by atoms with Gasteiger partial charge in [0.25, 0.3) is 5.91 Å². The highest BCUT2D eigenvalue weighted by molar-refractivity contribution is 7.89. The van der Waals surface area contributed by atoms with Crippen molar-refractivity contribution in [1.29, 1.82) is 0 Å². The Morgan fingerprint density at radius 1 is 1.00 bits per heavy atom. The van der Waals surface area contributed by atoms with E-state index >= 15 is 0 Å². The topological polar surface area (TPSA) is 100 Å². The largest absolute Gasteiger partial charge is 0.486 e. The summed E-state index contributed by atoms with van der Waals surface area (Å²) < 4.78 is 38.4. The van der Waals surface area contributed by atoms with E-state index in [1.54, 1.807) is 12.1 Å². The summed E-state index contributed by atoms with van der Waals surface area (Å²) in [6, 6.07) is 11.0. The first-order valence-corrected chi connectivity index (χ1v) is 15.0. The van der Waals surface area contributed by atoms with Gasteiger partial charge in [-0.3, -0.25) is 4.79 Å². The standard InChI is InChI=1S/C28H38N4O5S/c1-31(2)38(34,35)24-16-22(28(33)30-19-21-6-5-11-32-10-4-3-7-25(21)32)15-23(17-24)29-18-20-8-9-26-27(14-20)37-13-12-36-26/h8-9,14-17,21,25,29H,3-7,10-13,18-19H2,1-2H3,(H,30,33)/t21-,25+/m0/s1. The number of nitrogens with one attached hydrogen (secondary N) is 2. The van der Waals surface area contributed by atoms with Gasteiger partial charge in [-0.25, -0.2) is 12.7 Å². The summed E-state index contributed by atoms with van der Waals surface area (Å²) in [5.74, 6) is 1.58. The van der Waals surface area contributed by atoms with E-state index in [4.69, 9.17) is 9.47 Å². The second-order valence-corrected chi connectivity index (χ2v) is 12.7. The molecular formula is C28H38N4O5S. The minimum Gasteiger partial charge on any atom is -0.486 e. The van der Waals surface area contributed by atoms with E-state index in [0.29, 0.717) is 61.0 Å². The van der Waals surface area contributed by atoms with Gasteiger partial charge in [-0.1, -0.05) is 12.5 Å². The highest BCUT2D eigenvalue weighted by atomic mass is 32.2. The number of benzene rings is 2. The molecule has 0 aliphatic carbocycles. The Hall–Kier alpha value is -2.82. The molecule has 0 spiro atoms. The number of hydrogen-bond acceptors (Lipinski definition) is 7. The summed E-state index contributed by atoms with van der Waals surface area (Å²) in [6.45, 7) is 4.37. The number of ether oxygens (including phenoxy) is 2. The van der Waals surface area contributed by atoms with Gasteiger partial charge < -0.3 is 25.0 Å². The maximum Gasteiger partial charge on any atom is 0.251 e. The number of fused-ring (bicyclic) bond motifs is 2. The van der Waals surface area contributed by atoms with Crippen LogP contribution in [0, 0.1) is 5.92 Å². The minimum absolute atomic E-state index is 0.0796. The normalized spacial score (nSPS) is 21.6. The molecule has 0 saturated carbocycles. The molecule has 0 radical (unpaired) electrons. The number of rotatable bonds is 8. The number of sulfonamides is 1. The van der Waals surface area contributed by atoms with Gasteiger partial charge in [0.1, 0.15) is 13.2 Å². The maximum atomic E-state index is 13.3. The monoisotopic (exact) mass is 542 g/mol. The number of carbonyl (C=O) groups excluding carboxylic acids is 1. The fraction of sp³-hybridized carbons (Fsp3) is 0.536. The van der Waals surface area contributed by atoms with Crippen LogP contribution in [0.5, 0.6) is 11.5 Å². The zero-order chi connectivity index (χ0) is 26.7. The Kier molecular flexibility index (Phi) is 8.11. The van der Waals surface area contributed by atoms with Crippen LogP contribution in [-0.2, 0) is 16.6 Å². The number of hydrogen-bond donors (Lipinski definition) is 2. The molecule has 2 aromatic rings. The van der Waals surface area contributed by atoms with Crippen LogP contribution >= 0.6 is 0 Å². The fourth-order valence-electron chi connectivity index (χ4n) is 5.73. The third kappa shape index (κ3) is 5.92.